The van der Waals surface area contributed by atoms with Crippen molar-refractivity contribution in [3.8, 4) is 5.75 Å². The molecule has 1 aromatic heterocycles. The Labute approximate surface area is 200 Å². The smallest absolute Gasteiger partial charge is 0.305 e. The Morgan fingerprint density at radius 1 is 1.03 bits per heavy atom. The number of para-hydroxylation sites is 1. The minimum absolute atomic E-state index is 0.00118. The van der Waals surface area contributed by atoms with E-state index >= 15 is 0 Å². The van der Waals surface area contributed by atoms with E-state index < -0.39 is 30.1 Å². The van der Waals surface area contributed by atoms with E-state index in [1.807, 2.05) is 18.2 Å². The summed E-state index contributed by atoms with van der Waals surface area (Å²) in [7, 11) is 0. The molecule has 3 rings (SSSR count). The predicted octanol–water partition coefficient (Wildman–Crippen LogP) is 3.88. The number of ether oxygens (including phenoxy) is 1. The van der Waals surface area contributed by atoms with E-state index in [4.69, 9.17) is 4.74 Å². The van der Waals surface area contributed by atoms with Crippen LogP contribution in [0.5, 0.6) is 5.75 Å². The molecule has 9 heteroatoms. The second-order valence-corrected chi connectivity index (χ2v) is 8.38. The van der Waals surface area contributed by atoms with Crippen LogP contribution in [-0.2, 0) is 21.9 Å². The number of pyridine rings is 1. The van der Waals surface area contributed by atoms with Crippen molar-refractivity contribution < 1.29 is 28.6 Å². The molecule has 7 nitrogen and oxygen atoms in total. The summed E-state index contributed by atoms with van der Waals surface area (Å²) in [4.78, 5) is 40.6. The van der Waals surface area contributed by atoms with Gasteiger partial charge in [0.15, 0.2) is 5.78 Å². The molecule has 0 spiro atoms. The Bertz CT molecular complexity index is 1130. The average molecular weight is 483 g/mol. The summed E-state index contributed by atoms with van der Waals surface area (Å²) in [6.45, 7) is 0.190. The Morgan fingerprint density at radius 3 is 2.47 bits per heavy atom. The highest BCUT2D eigenvalue weighted by Gasteiger charge is 2.24. The Morgan fingerprint density at radius 2 is 1.76 bits per heavy atom. The van der Waals surface area contributed by atoms with Gasteiger partial charge in [0.2, 0.25) is 0 Å². The highest BCUT2D eigenvalue weighted by atomic mass is 32.2. The molecule has 0 aliphatic heterocycles. The number of carboxylic acid groups (broad SMARTS) is 1. The number of carbonyl (C=O) groups excluding carboxylic acids is 2. The van der Waals surface area contributed by atoms with Crippen LogP contribution in [0.2, 0.25) is 0 Å². The van der Waals surface area contributed by atoms with Gasteiger partial charge in [-0.05, 0) is 35.9 Å². The van der Waals surface area contributed by atoms with Crippen LogP contribution in [0.15, 0.2) is 73.1 Å². The number of amides is 1. The Hall–Kier alpha value is -3.72. The third kappa shape index (κ3) is 8.00. The third-order valence-electron chi connectivity index (χ3n) is 4.70. The van der Waals surface area contributed by atoms with Crippen molar-refractivity contribution in [3.63, 3.8) is 0 Å². The van der Waals surface area contributed by atoms with Crippen molar-refractivity contribution in [2.24, 2.45) is 0 Å². The molecule has 0 bridgehead atoms. The van der Waals surface area contributed by atoms with Crippen molar-refractivity contribution in [1.29, 1.82) is 0 Å². The number of carboxylic acids is 1. The van der Waals surface area contributed by atoms with Gasteiger partial charge in [0.25, 0.3) is 5.91 Å². The van der Waals surface area contributed by atoms with Gasteiger partial charge in [0.05, 0.1) is 23.8 Å². The number of Topliss-reactive ketones (excluding diaryl/α,β-unsaturated/α-hetero) is 1. The molecule has 0 fully saturated rings. The van der Waals surface area contributed by atoms with Crippen molar-refractivity contribution in [3.05, 3.63) is 95.6 Å². The summed E-state index contributed by atoms with van der Waals surface area (Å²) in [5, 5.41) is 11.7. The molecule has 1 atom stereocenters. The van der Waals surface area contributed by atoms with Gasteiger partial charge in [-0.2, -0.15) is 0 Å². The molecule has 2 aromatic carbocycles. The SMILES string of the molecule is O=C(O)C[C@H](NC(=O)c1cncc(COc2ccccc2)c1)C(=O)CSCc1ccc(F)cc1. The molecular weight excluding hydrogens is 459 g/mol. The second-order valence-electron chi connectivity index (χ2n) is 7.39. The molecule has 0 saturated heterocycles. The number of carbonyl (C=O) groups is 3. The topological polar surface area (TPSA) is 106 Å². The minimum atomic E-state index is -1.20. The van der Waals surface area contributed by atoms with Gasteiger partial charge in [0, 0.05) is 23.7 Å². The zero-order valence-electron chi connectivity index (χ0n) is 18.1. The number of rotatable bonds is 12. The summed E-state index contributed by atoms with van der Waals surface area (Å²) in [6, 6.07) is 15.5. The van der Waals surface area contributed by atoms with Crippen LogP contribution in [0.3, 0.4) is 0 Å². The van der Waals surface area contributed by atoms with Crippen molar-refractivity contribution in [2.45, 2.75) is 24.8 Å². The van der Waals surface area contributed by atoms with Gasteiger partial charge < -0.3 is 15.2 Å². The first-order chi connectivity index (χ1) is 16.4. The summed E-state index contributed by atoms with van der Waals surface area (Å²) in [5.41, 5.74) is 1.67. The van der Waals surface area contributed by atoms with Crippen LogP contribution in [0.1, 0.15) is 27.9 Å². The largest absolute Gasteiger partial charge is 0.489 e. The molecule has 0 unspecified atom stereocenters. The second kappa shape index (κ2) is 12.5. The van der Waals surface area contributed by atoms with Crippen LogP contribution in [0.25, 0.3) is 0 Å². The van der Waals surface area contributed by atoms with Crippen molar-refractivity contribution in [2.75, 3.05) is 5.75 Å². The highest BCUT2D eigenvalue weighted by molar-refractivity contribution is 7.99. The normalized spacial score (nSPS) is 11.4. The molecule has 0 aliphatic rings. The number of aromatic nitrogens is 1. The molecule has 0 saturated carbocycles. The molecule has 2 N–H and O–H groups in total. The highest BCUT2D eigenvalue weighted by Crippen LogP contribution is 2.15. The van der Waals surface area contributed by atoms with E-state index in [0.29, 0.717) is 17.1 Å². The third-order valence-corrected chi connectivity index (χ3v) is 5.73. The number of ketones is 1. The van der Waals surface area contributed by atoms with Gasteiger partial charge in [0.1, 0.15) is 18.2 Å². The number of halogens is 1. The first kappa shape index (κ1) is 24.9. The standard InChI is InChI=1S/C25H23FN2O5S/c26-20-8-6-17(7-9-20)15-34-16-23(29)22(11-24(30)31)28-25(32)19-10-18(12-27-13-19)14-33-21-4-2-1-3-5-21/h1-10,12-13,22H,11,14-16H2,(H,28,32)(H,30,31)/t22-/m0/s1. The number of aliphatic carboxylic acids is 1. The summed E-state index contributed by atoms with van der Waals surface area (Å²) in [6.07, 6.45) is 2.37. The summed E-state index contributed by atoms with van der Waals surface area (Å²) in [5.74, 6) is -1.45. The van der Waals surface area contributed by atoms with E-state index in [9.17, 15) is 23.9 Å². The van der Waals surface area contributed by atoms with E-state index in [2.05, 4.69) is 10.3 Å². The maximum absolute atomic E-state index is 13.0. The first-order valence-corrected chi connectivity index (χ1v) is 11.6. The monoisotopic (exact) mass is 482 g/mol. The number of hydrogen-bond donors (Lipinski definition) is 2. The molecule has 1 heterocycles. The first-order valence-electron chi connectivity index (χ1n) is 10.4. The molecule has 3 aromatic rings. The molecule has 34 heavy (non-hydrogen) atoms. The van der Waals surface area contributed by atoms with Crippen LogP contribution < -0.4 is 10.1 Å². The van der Waals surface area contributed by atoms with E-state index in [1.54, 1.807) is 36.5 Å². The average Bonchev–Trinajstić information content (AvgIpc) is 2.84. The molecular formula is C25H23FN2O5S. The van der Waals surface area contributed by atoms with Gasteiger partial charge >= 0.3 is 5.97 Å². The lowest BCUT2D eigenvalue weighted by atomic mass is 10.1. The maximum Gasteiger partial charge on any atom is 0.305 e. The lowest BCUT2D eigenvalue weighted by Gasteiger charge is -2.16. The van der Waals surface area contributed by atoms with Crippen LogP contribution in [0.4, 0.5) is 4.39 Å². The zero-order valence-corrected chi connectivity index (χ0v) is 19.0. The van der Waals surface area contributed by atoms with E-state index in [1.165, 1.54) is 30.1 Å². The maximum atomic E-state index is 13.0. The number of thioether (sulfide) groups is 1. The summed E-state index contributed by atoms with van der Waals surface area (Å²) < 4.78 is 18.7. The van der Waals surface area contributed by atoms with Crippen LogP contribution >= 0.6 is 11.8 Å². The van der Waals surface area contributed by atoms with Gasteiger partial charge in [-0.1, -0.05) is 30.3 Å². The molecule has 0 radical (unpaired) electrons. The fourth-order valence-corrected chi connectivity index (χ4v) is 3.92. The minimum Gasteiger partial charge on any atom is -0.489 e. The zero-order chi connectivity index (χ0) is 24.3. The van der Waals surface area contributed by atoms with E-state index in [-0.39, 0.29) is 23.7 Å². The Balaban J connectivity index is 1.57. The quantitative estimate of drug-likeness (QED) is 0.404. The number of hydrogen-bond acceptors (Lipinski definition) is 6. The molecule has 1 amide bonds. The van der Waals surface area contributed by atoms with Crippen LogP contribution in [0, 0.1) is 5.82 Å². The molecule has 0 aliphatic carbocycles. The van der Waals surface area contributed by atoms with Gasteiger partial charge in [-0.15, -0.1) is 11.8 Å². The number of nitrogens with zero attached hydrogens (tertiary/aromatic N) is 1. The number of benzene rings is 2. The van der Waals surface area contributed by atoms with E-state index in [0.717, 1.165) is 5.56 Å². The van der Waals surface area contributed by atoms with Gasteiger partial charge in [-0.25, -0.2) is 4.39 Å². The van der Waals surface area contributed by atoms with Crippen molar-refractivity contribution in [1.82, 2.24) is 10.3 Å². The Kier molecular flexibility index (Phi) is 9.16. The number of nitrogens with one attached hydrogen (secondary N) is 1. The molecule has 176 valence electrons. The fraction of sp³-hybridized carbons (Fsp3) is 0.200. The predicted molar refractivity (Wildman–Crippen MR) is 126 cm³/mol. The van der Waals surface area contributed by atoms with Crippen molar-refractivity contribution >= 4 is 29.4 Å². The lowest BCUT2D eigenvalue weighted by Crippen LogP contribution is -2.43. The fourth-order valence-electron chi connectivity index (χ4n) is 2.99. The summed E-state index contributed by atoms with van der Waals surface area (Å²) >= 11 is 1.26. The van der Waals surface area contributed by atoms with Gasteiger partial charge in [-0.3, -0.25) is 19.4 Å². The van der Waals surface area contributed by atoms with Crippen LogP contribution in [-0.4, -0.2) is 39.5 Å². The lowest BCUT2D eigenvalue weighted by molar-refractivity contribution is -0.139.